The van der Waals surface area contributed by atoms with Gasteiger partial charge in [-0.1, -0.05) is 245 Å². The number of esters is 3. The van der Waals surface area contributed by atoms with Crippen molar-refractivity contribution in [3.8, 4) is 0 Å². The van der Waals surface area contributed by atoms with Gasteiger partial charge in [-0.25, -0.2) is 4.57 Å². The highest BCUT2D eigenvalue weighted by atomic mass is 31.2. The van der Waals surface area contributed by atoms with Crippen molar-refractivity contribution >= 4 is 25.7 Å². The molecular weight excluding hydrogens is 1290 g/mol. The summed E-state index contributed by atoms with van der Waals surface area (Å²) in [7, 11) is -5.70. The molecule has 0 radical (unpaired) electrons. The zero-order valence-electron chi connectivity index (χ0n) is 60.2. The highest BCUT2D eigenvalue weighted by molar-refractivity contribution is 7.47. The number of allylic oxidation sites excluding steroid dienone is 2. The molecule has 2 aliphatic heterocycles. The molecule has 2 heterocycles. The maximum absolute atomic E-state index is 14.3. The number of hydrogen-bond acceptors (Lipinski definition) is 23. The summed E-state index contributed by atoms with van der Waals surface area (Å²) in [5.74, 6) is -1.30. The fraction of sp³-hybridized carbons (Fsp3) is 0.932. The van der Waals surface area contributed by atoms with E-state index in [4.69, 9.17) is 42.2 Å². The summed E-state index contributed by atoms with van der Waals surface area (Å²) in [6.45, 7) is 5.75. The van der Waals surface area contributed by atoms with Gasteiger partial charge in [0.25, 0.3) is 0 Å². The lowest BCUT2D eigenvalue weighted by molar-refractivity contribution is -0.360. The Bertz CT molecular complexity index is 2090. The first-order chi connectivity index (χ1) is 47.2. The fourth-order valence-electron chi connectivity index (χ4n) is 12.8. The lowest BCUT2D eigenvalue weighted by atomic mass is 9.84. The normalized spacial score (nSPS) is 28.0. The molecule has 1 aliphatic carbocycles. The first-order valence-electron chi connectivity index (χ1n) is 38.4. The largest absolute Gasteiger partial charge is 0.472 e. The maximum Gasteiger partial charge on any atom is 0.472 e. The monoisotopic (exact) mass is 1430 g/mol. The van der Waals surface area contributed by atoms with Crippen LogP contribution in [0.3, 0.4) is 0 Å². The first kappa shape index (κ1) is 89.9. The second-order valence-electron chi connectivity index (χ2n) is 28.0. The van der Waals surface area contributed by atoms with Crippen LogP contribution < -0.4 is 0 Å². The van der Waals surface area contributed by atoms with Gasteiger partial charge in [-0.2, -0.15) is 0 Å². The van der Waals surface area contributed by atoms with E-state index in [1.165, 1.54) is 135 Å². The van der Waals surface area contributed by atoms with E-state index >= 15 is 0 Å². The standard InChI is InChI=1S/C73H135O24P/c1-5-8-11-14-17-19-21-23-25-26-28-30-36-41-46-57(75)89-50-54(92-59(77)48-43-38-31-29-27-24-22-20-18-15-12-9-6-2)51-91-98(87,88)97-71-69(95-72-67(85)62(80)60(78)55(49-74)93-72)65(83)64(82)66(84)70(71)96-73-68(86)63(81)61(79)56(94-73)52-90-58(76)47-42-37-33-32-35-40-45-53(4)44-39-34-16-13-10-7-3/h24,27,53-56,60-74,78-86H,5-23,25-26,28-52H2,1-4H3,(H,87,88)/b27-24-. The van der Waals surface area contributed by atoms with Crippen LogP contribution in [0.15, 0.2) is 12.2 Å². The second kappa shape index (κ2) is 54.3. The van der Waals surface area contributed by atoms with Crippen LogP contribution in [-0.2, 0) is 61.2 Å². The maximum atomic E-state index is 14.3. The molecule has 19 atom stereocenters. The van der Waals surface area contributed by atoms with Crippen molar-refractivity contribution in [1.29, 1.82) is 0 Å². The number of ether oxygens (including phenoxy) is 7. The number of hydrogen-bond donors (Lipinski definition) is 11. The van der Waals surface area contributed by atoms with Gasteiger partial charge in [0.05, 0.1) is 13.2 Å². The number of carbonyl (C=O) groups excluding carboxylic acids is 3. The van der Waals surface area contributed by atoms with Gasteiger partial charge >= 0.3 is 25.7 Å². The molecule has 25 heteroatoms. The zero-order valence-corrected chi connectivity index (χ0v) is 61.1. The molecule has 0 aromatic rings. The molecule has 0 spiro atoms. The molecule has 3 aliphatic rings. The van der Waals surface area contributed by atoms with Crippen molar-refractivity contribution in [3.05, 3.63) is 12.2 Å². The summed E-state index contributed by atoms with van der Waals surface area (Å²) in [6, 6.07) is 0. The summed E-state index contributed by atoms with van der Waals surface area (Å²) in [5, 5.41) is 110. The Morgan fingerprint density at radius 3 is 1.21 bits per heavy atom. The predicted molar refractivity (Wildman–Crippen MR) is 370 cm³/mol. The Morgan fingerprint density at radius 2 is 0.776 bits per heavy atom. The van der Waals surface area contributed by atoms with Crippen molar-refractivity contribution in [2.75, 3.05) is 26.4 Å². The van der Waals surface area contributed by atoms with Crippen LogP contribution in [0.2, 0.25) is 0 Å². The molecule has 0 aromatic heterocycles. The smallest absolute Gasteiger partial charge is 0.463 e. The van der Waals surface area contributed by atoms with E-state index in [0.29, 0.717) is 31.6 Å². The number of phosphoric ester groups is 1. The van der Waals surface area contributed by atoms with Gasteiger partial charge in [0, 0.05) is 19.3 Å². The Balaban J connectivity index is 1.73. The topological polar surface area (TPSA) is 374 Å². The van der Waals surface area contributed by atoms with Crippen molar-refractivity contribution in [2.24, 2.45) is 5.92 Å². The molecule has 3 fully saturated rings. The van der Waals surface area contributed by atoms with Crippen LogP contribution in [0, 0.1) is 5.92 Å². The van der Waals surface area contributed by atoms with E-state index in [-0.39, 0.29) is 19.3 Å². The minimum Gasteiger partial charge on any atom is -0.463 e. The van der Waals surface area contributed by atoms with Crippen LogP contribution >= 0.6 is 7.82 Å². The van der Waals surface area contributed by atoms with Crippen LogP contribution in [0.4, 0.5) is 0 Å². The number of unbranched alkanes of at least 4 members (excludes halogenated alkanes) is 32. The summed E-state index contributed by atoms with van der Waals surface area (Å²) >= 11 is 0. The van der Waals surface area contributed by atoms with Crippen molar-refractivity contribution in [1.82, 2.24) is 0 Å². The third kappa shape index (κ3) is 37.4. The molecule has 0 bridgehead atoms. The van der Waals surface area contributed by atoms with E-state index in [9.17, 15) is 74.9 Å². The lowest BCUT2D eigenvalue weighted by Crippen LogP contribution is -2.69. The zero-order chi connectivity index (χ0) is 71.9. The molecule has 98 heavy (non-hydrogen) atoms. The van der Waals surface area contributed by atoms with Gasteiger partial charge in [-0.3, -0.25) is 23.4 Å². The number of carbonyl (C=O) groups is 3. The molecule has 2 saturated heterocycles. The highest BCUT2D eigenvalue weighted by Gasteiger charge is 2.58. The molecule has 576 valence electrons. The summed E-state index contributed by atoms with van der Waals surface area (Å²) in [5.41, 5.74) is 0. The number of aliphatic hydroxyl groups excluding tert-OH is 10. The van der Waals surface area contributed by atoms with Gasteiger partial charge < -0.3 is 89.1 Å². The fourth-order valence-corrected chi connectivity index (χ4v) is 13.8. The SMILES string of the molecule is CCCCCCCC/C=C\CCCCCC(=O)OC(COC(=O)CCCCCCCCCCCCCCCC)COP(=O)(O)OC1C(OC2OC(CO)C(O)C(O)C2O)C(O)C(O)C(O)C1OC1OC(COC(=O)CCCCCCCCC(C)CCCCCCCC)C(O)C(O)C1O. The minimum atomic E-state index is -5.70. The average Bonchev–Trinajstić information content (AvgIpc) is 0.763. The molecule has 24 nitrogen and oxygen atoms in total. The predicted octanol–water partition coefficient (Wildman–Crippen LogP) is 10.6. The summed E-state index contributed by atoms with van der Waals surface area (Å²) < 4.78 is 65.0. The average molecular weight is 1430 g/mol. The van der Waals surface area contributed by atoms with Crippen molar-refractivity contribution in [3.63, 3.8) is 0 Å². The molecular formula is C73H135O24P. The van der Waals surface area contributed by atoms with E-state index in [1.807, 2.05) is 0 Å². The molecule has 0 amide bonds. The van der Waals surface area contributed by atoms with Crippen LogP contribution in [-0.4, -0.2) is 204 Å². The van der Waals surface area contributed by atoms with Gasteiger partial charge in [-0.05, 0) is 50.9 Å². The van der Waals surface area contributed by atoms with Gasteiger partial charge in [-0.15, -0.1) is 0 Å². The molecule has 0 aromatic carbocycles. The Kier molecular flexibility index (Phi) is 49.9. The van der Waals surface area contributed by atoms with E-state index in [2.05, 4.69) is 39.8 Å². The number of aliphatic hydroxyl groups is 10. The summed E-state index contributed by atoms with van der Waals surface area (Å²) in [4.78, 5) is 51.0. The first-order valence-corrected chi connectivity index (χ1v) is 39.9. The molecule has 1 saturated carbocycles. The highest BCUT2D eigenvalue weighted by Crippen LogP contribution is 2.49. The molecule has 11 N–H and O–H groups in total. The van der Waals surface area contributed by atoms with Crippen LogP contribution in [0.25, 0.3) is 0 Å². The van der Waals surface area contributed by atoms with E-state index in [0.717, 1.165) is 89.9 Å². The number of phosphoric acid groups is 1. The summed E-state index contributed by atoms with van der Waals surface area (Å²) in [6.07, 6.45) is 11.4. The Hall–Kier alpha value is -2.30. The minimum absolute atomic E-state index is 0.0292. The van der Waals surface area contributed by atoms with Crippen LogP contribution in [0.1, 0.15) is 297 Å². The van der Waals surface area contributed by atoms with Gasteiger partial charge in [0.2, 0.25) is 0 Å². The van der Waals surface area contributed by atoms with Crippen molar-refractivity contribution in [2.45, 2.75) is 402 Å². The van der Waals surface area contributed by atoms with Crippen LogP contribution in [0.5, 0.6) is 0 Å². The molecule has 3 rings (SSSR count). The third-order valence-electron chi connectivity index (χ3n) is 19.2. The van der Waals surface area contributed by atoms with E-state index < -0.39 is 156 Å². The number of rotatable bonds is 59. The quantitative estimate of drug-likeness (QED) is 0.00886. The Labute approximate surface area is 586 Å². The van der Waals surface area contributed by atoms with Gasteiger partial charge in [0.1, 0.15) is 98.7 Å². The van der Waals surface area contributed by atoms with Crippen molar-refractivity contribution < 1.29 is 117 Å². The lowest BCUT2D eigenvalue weighted by Gasteiger charge is -2.49. The molecule has 19 unspecified atom stereocenters. The Morgan fingerprint density at radius 1 is 0.418 bits per heavy atom. The van der Waals surface area contributed by atoms with E-state index in [1.54, 1.807) is 0 Å². The third-order valence-corrected chi connectivity index (χ3v) is 20.2. The second-order valence-corrected chi connectivity index (χ2v) is 29.4. The van der Waals surface area contributed by atoms with Gasteiger partial charge in [0.15, 0.2) is 18.7 Å².